The topological polar surface area (TPSA) is 39.7 Å². The number of pyridine rings is 1. The highest BCUT2D eigenvalue weighted by Gasteiger charge is 2.29. The lowest BCUT2D eigenvalue weighted by atomic mass is 9.97. The molecule has 1 aromatic carbocycles. The molecule has 0 N–H and O–H groups in total. The van der Waals surface area contributed by atoms with Gasteiger partial charge in [-0.25, -0.2) is 0 Å². The highest BCUT2D eigenvalue weighted by atomic mass is 16.2. The van der Waals surface area contributed by atoms with E-state index in [1.165, 1.54) is 10.9 Å². The molecule has 5 nitrogen and oxygen atoms in total. The first-order valence-electron chi connectivity index (χ1n) is 10.2. The lowest BCUT2D eigenvalue weighted by Gasteiger charge is -2.32. The summed E-state index contributed by atoms with van der Waals surface area (Å²) in [5, 5.41) is 1.24. The molecular weight excluding hydrogens is 336 g/mol. The average Bonchev–Trinajstić information content (AvgIpc) is 2.93. The quantitative estimate of drug-likeness (QED) is 0.837. The number of fused-ring (bicyclic) bond motifs is 1. The van der Waals surface area contributed by atoms with Crippen molar-refractivity contribution in [3.05, 3.63) is 42.1 Å². The van der Waals surface area contributed by atoms with E-state index in [4.69, 9.17) is 0 Å². The van der Waals surface area contributed by atoms with Crippen LogP contribution < -0.4 is 0 Å². The number of aromatic nitrogens is 1. The maximum Gasteiger partial charge on any atom is 0.227 e. The van der Waals surface area contributed by atoms with Crippen LogP contribution >= 0.6 is 0 Å². The number of amides is 1. The SMILES string of the molecule is CN1CCCC(C(=O)N2CCCN(Cc3cccc4ncccc34)CC2)C1. The van der Waals surface area contributed by atoms with Gasteiger partial charge in [0.1, 0.15) is 0 Å². The van der Waals surface area contributed by atoms with Gasteiger partial charge in [0.2, 0.25) is 5.91 Å². The zero-order chi connectivity index (χ0) is 18.6. The lowest BCUT2D eigenvalue weighted by molar-refractivity contribution is -0.137. The third kappa shape index (κ3) is 4.30. The lowest BCUT2D eigenvalue weighted by Crippen LogP contribution is -2.44. The zero-order valence-corrected chi connectivity index (χ0v) is 16.3. The number of piperidine rings is 1. The fourth-order valence-corrected chi connectivity index (χ4v) is 4.52. The molecule has 2 aromatic rings. The van der Waals surface area contributed by atoms with Crippen LogP contribution in [0.25, 0.3) is 10.9 Å². The van der Waals surface area contributed by atoms with Crippen LogP contribution in [-0.2, 0) is 11.3 Å². The summed E-state index contributed by atoms with van der Waals surface area (Å²) in [5.74, 6) is 0.567. The van der Waals surface area contributed by atoms with E-state index in [1.54, 1.807) is 0 Å². The maximum absolute atomic E-state index is 13.0. The van der Waals surface area contributed by atoms with Crippen LogP contribution in [-0.4, -0.2) is 71.9 Å². The van der Waals surface area contributed by atoms with Crippen molar-refractivity contribution in [2.45, 2.75) is 25.8 Å². The maximum atomic E-state index is 13.0. The summed E-state index contributed by atoms with van der Waals surface area (Å²) < 4.78 is 0. The Balaban J connectivity index is 1.39. The second-order valence-electron chi connectivity index (χ2n) is 8.04. The highest BCUT2D eigenvalue weighted by molar-refractivity contribution is 5.82. The molecule has 0 radical (unpaired) electrons. The molecule has 5 heteroatoms. The van der Waals surface area contributed by atoms with E-state index in [1.807, 2.05) is 12.3 Å². The Bertz CT molecular complexity index is 787. The van der Waals surface area contributed by atoms with Crippen molar-refractivity contribution in [2.75, 3.05) is 46.3 Å². The smallest absolute Gasteiger partial charge is 0.227 e. The van der Waals surface area contributed by atoms with Gasteiger partial charge < -0.3 is 9.80 Å². The highest BCUT2D eigenvalue weighted by Crippen LogP contribution is 2.21. The van der Waals surface area contributed by atoms with E-state index in [0.717, 1.165) is 70.6 Å². The van der Waals surface area contributed by atoms with Gasteiger partial charge in [-0.3, -0.25) is 14.7 Å². The predicted octanol–water partition coefficient (Wildman–Crippen LogP) is 2.61. The molecule has 1 unspecified atom stereocenters. The Morgan fingerprint density at radius 2 is 2.00 bits per heavy atom. The molecule has 0 aliphatic carbocycles. The van der Waals surface area contributed by atoms with Crippen molar-refractivity contribution in [3.63, 3.8) is 0 Å². The van der Waals surface area contributed by atoms with Crippen molar-refractivity contribution < 1.29 is 4.79 Å². The predicted molar refractivity (Wildman–Crippen MR) is 108 cm³/mol. The van der Waals surface area contributed by atoms with Gasteiger partial charge in [0, 0.05) is 50.9 Å². The molecule has 2 aliphatic rings. The van der Waals surface area contributed by atoms with E-state index in [-0.39, 0.29) is 5.92 Å². The minimum absolute atomic E-state index is 0.194. The van der Waals surface area contributed by atoms with Gasteiger partial charge >= 0.3 is 0 Å². The first-order chi connectivity index (χ1) is 13.2. The molecule has 2 saturated heterocycles. The number of carbonyl (C=O) groups is 1. The largest absolute Gasteiger partial charge is 0.341 e. The molecule has 1 aromatic heterocycles. The summed E-state index contributed by atoms with van der Waals surface area (Å²) in [7, 11) is 2.13. The van der Waals surface area contributed by atoms with Crippen molar-refractivity contribution in [1.82, 2.24) is 19.7 Å². The Labute approximate surface area is 162 Å². The first-order valence-corrected chi connectivity index (χ1v) is 10.2. The fourth-order valence-electron chi connectivity index (χ4n) is 4.52. The normalized spacial score (nSPS) is 22.7. The van der Waals surface area contributed by atoms with Gasteiger partial charge in [-0.2, -0.15) is 0 Å². The molecular formula is C22H30N4O. The number of carbonyl (C=O) groups excluding carboxylic acids is 1. The van der Waals surface area contributed by atoms with Gasteiger partial charge in [0.15, 0.2) is 0 Å². The van der Waals surface area contributed by atoms with Crippen LogP contribution in [0, 0.1) is 5.92 Å². The molecule has 1 amide bonds. The van der Waals surface area contributed by atoms with E-state index < -0.39 is 0 Å². The summed E-state index contributed by atoms with van der Waals surface area (Å²) in [6.45, 7) is 6.71. The van der Waals surface area contributed by atoms with Crippen molar-refractivity contribution in [1.29, 1.82) is 0 Å². The monoisotopic (exact) mass is 366 g/mol. The zero-order valence-electron chi connectivity index (χ0n) is 16.3. The Morgan fingerprint density at radius 1 is 1.07 bits per heavy atom. The molecule has 0 bridgehead atoms. The summed E-state index contributed by atoms with van der Waals surface area (Å²) in [5.41, 5.74) is 2.39. The summed E-state index contributed by atoms with van der Waals surface area (Å²) in [6, 6.07) is 10.5. The molecule has 3 heterocycles. The van der Waals surface area contributed by atoms with Gasteiger partial charge in [-0.15, -0.1) is 0 Å². The minimum Gasteiger partial charge on any atom is -0.341 e. The van der Waals surface area contributed by atoms with Crippen LogP contribution in [0.2, 0.25) is 0 Å². The van der Waals surface area contributed by atoms with E-state index in [2.05, 4.69) is 51.0 Å². The number of likely N-dealkylation sites (tertiary alicyclic amines) is 1. The molecule has 0 spiro atoms. The summed E-state index contributed by atoms with van der Waals surface area (Å²) in [6.07, 6.45) is 5.09. The Morgan fingerprint density at radius 3 is 2.89 bits per heavy atom. The fraction of sp³-hybridized carbons (Fsp3) is 0.545. The molecule has 27 heavy (non-hydrogen) atoms. The van der Waals surface area contributed by atoms with Gasteiger partial charge in [-0.1, -0.05) is 18.2 Å². The van der Waals surface area contributed by atoms with Crippen LogP contribution in [0.5, 0.6) is 0 Å². The van der Waals surface area contributed by atoms with Gasteiger partial charge in [0.25, 0.3) is 0 Å². The number of rotatable bonds is 3. The van der Waals surface area contributed by atoms with Crippen LogP contribution in [0.15, 0.2) is 36.5 Å². The second-order valence-corrected chi connectivity index (χ2v) is 8.04. The van der Waals surface area contributed by atoms with Gasteiger partial charge in [0.05, 0.1) is 11.4 Å². The first kappa shape index (κ1) is 18.4. The van der Waals surface area contributed by atoms with E-state index >= 15 is 0 Å². The average molecular weight is 367 g/mol. The van der Waals surface area contributed by atoms with E-state index in [0.29, 0.717) is 5.91 Å². The number of benzene rings is 1. The standard InChI is InChI=1S/C22H30N4O/c1-24-11-4-7-19(16-24)22(27)26-13-5-12-25(14-15-26)17-18-6-2-9-21-20(18)8-3-10-23-21/h2-3,6,8-10,19H,4-5,7,11-17H2,1H3. The van der Waals surface area contributed by atoms with Crippen molar-refractivity contribution in [3.8, 4) is 0 Å². The van der Waals surface area contributed by atoms with Crippen LogP contribution in [0.3, 0.4) is 0 Å². The molecule has 1 atom stereocenters. The molecule has 144 valence electrons. The number of hydrogen-bond donors (Lipinski definition) is 0. The van der Waals surface area contributed by atoms with Crippen LogP contribution in [0.1, 0.15) is 24.8 Å². The van der Waals surface area contributed by atoms with Gasteiger partial charge in [-0.05, 0) is 50.6 Å². The van der Waals surface area contributed by atoms with Crippen molar-refractivity contribution in [2.24, 2.45) is 5.92 Å². The Kier molecular flexibility index (Phi) is 5.69. The summed E-state index contributed by atoms with van der Waals surface area (Å²) in [4.78, 5) is 24.3. The van der Waals surface area contributed by atoms with Crippen molar-refractivity contribution >= 4 is 16.8 Å². The molecule has 2 aliphatic heterocycles. The number of nitrogens with zero attached hydrogens (tertiary/aromatic N) is 4. The second kappa shape index (κ2) is 8.36. The van der Waals surface area contributed by atoms with E-state index in [9.17, 15) is 4.79 Å². The number of hydrogen-bond acceptors (Lipinski definition) is 4. The third-order valence-corrected chi connectivity index (χ3v) is 6.00. The molecule has 4 rings (SSSR count). The molecule has 0 saturated carbocycles. The molecule has 2 fully saturated rings. The minimum atomic E-state index is 0.194. The van der Waals surface area contributed by atoms with Crippen LogP contribution in [0.4, 0.5) is 0 Å². The third-order valence-electron chi connectivity index (χ3n) is 6.00. The Hall–Kier alpha value is -1.98. The summed E-state index contributed by atoms with van der Waals surface area (Å²) >= 11 is 0.